The summed E-state index contributed by atoms with van der Waals surface area (Å²) in [6, 6.07) is 7.52. The highest BCUT2D eigenvalue weighted by molar-refractivity contribution is 7.99. The van der Waals surface area contributed by atoms with Crippen molar-refractivity contribution in [2.45, 2.75) is 31.5 Å². The number of nitrogens with zero attached hydrogens (tertiary/aromatic N) is 4. The molecule has 0 aromatic carbocycles. The van der Waals surface area contributed by atoms with Crippen molar-refractivity contribution in [3.63, 3.8) is 0 Å². The minimum atomic E-state index is 0.00135. The quantitative estimate of drug-likeness (QED) is 0.460. The van der Waals surface area contributed by atoms with Gasteiger partial charge in [-0.05, 0) is 30.7 Å². The van der Waals surface area contributed by atoms with Crippen LogP contribution in [0.2, 0.25) is 0 Å². The number of aromatic nitrogens is 4. The lowest BCUT2D eigenvalue weighted by atomic mass is 10.2. The van der Waals surface area contributed by atoms with Crippen molar-refractivity contribution >= 4 is 17.7 Å². The van der Waals surface area contributed by atoms with E-state index in [0.29, 0.717) is 24.0 Å². The summed E-state index contributed by atoms with van der Waals surface area (Å²) >= 11 is 1.37. The lowest BCUT2D eigenvalue weighted by molar-refractivity contribution is -0.118. The predicted molar refractivity (Wildman–Crippen MR) is 99.7 cm³/mol. The number of pyridine rings is 1. The summed E-state index contributed by atoms with van der Waals surface area (Å²) in [4.78, 5) is 16.0. The SMILES string of the molecule is CCCCNC(=O)CSc1nnc(-c2ccncc2)n1Cc1ccco1. The molecule has 0 bridgehead atoms. The van der Waals surface area contributed by atoms with Gasteiger partial charge in [0.2, 0.25) is 5.91 Å². The second-order valence-electron chi connectivity index (χ2n) is 5.70. The van der Waals surface area contributed by atoms with Gasteiger partial charge in [0, 0.05) is 24.5 Å². The van der Waals surface area contributed by atoms with E-state index < -0.39 is 0 Å². The Hall–Kier alpha value is -2.61. The molecule has 3 aromatic rings. The van der Waals surface area contributed by atoms with Gasteiger partial charge in [-0.3, -0.25) is 14.3 Å². The molecule has 0 spiro atoms. The molecule has 0 fully saturated rings. The highest BCUT2D eigenvalue weighted by Gasteiger charge is 2.16. The summed E-state index contributed by atoms with van der Waals surface area (Å²) in [5.41, 5.74) is 0.915. The Morgan fingerprint density at radius 2 is 2.12 bits per heavy atom. The number of nitrogens with one attached hydrogen (secondary N) is 1. The van der Waals surface area contributed by atoms with Gasteiger partial charge < -0.3 is 9.73 Å². The first-order valence-electron chi connectivity index (χ1n) is 8.53. The summed E-state index contributed by atoms with van der Waals surface area (Å²) in [6.45, 7) is 3.30. The van der Waals surface area contributed by atoms with Gasteiger partial charge in [0.1, 0.15) is 5.76 Å². The summed E-state index contributed by atoms with van der Waals surface area (Å²) in [5.74, 6) is 1.82. The third-order valence-electron chi connectivity index (χ3n) is 3.73. The van der Waals surface area contributed by atoms with Crippen molar-refractivity contribution in [2.75, 3.05) is 12.3 Å². The van der Waals surface area contributed by atoms with Crippen LogP contribution in [0.25, 0.3) is 11.4 Å². The topological polar surface area (TPSA) is 85.8 Å². The Labute approximate surface area is 156 Å². The van der Waals surface area contributed by atoms with E-state index in [1.165, 1.54) is 11.8 Å². The first kappa shape index (κ1) is 18.2. The maximum atomic E-state index is 12.0. The number of carbonyl (C=O) groups is 1. The molecule has 0 aliphatic heterocycles. The third kappa shape index (κ3) is 4.72. The zero-order chi connectivity index (χ0) is 18.2. The van der Waals surface area contributed by atoms with Crippen LogP contribution in [0.3, 0.4) is 0 Å². The van der Waals surface area contributed by atoms with E-state index in [-0.39, 0.29) is 5.91 Å². The molecule has 26 heavy (non-hydrogen) atoms. The molecule has 1 N–H and O–H groups in total. The van der Waals surface area contributed by atoms with Crippen molar-refractivity contribution in [1.82, 2.24) is 25.1 Å². The predicted octanol–water partition coefficient (Wildman–Crippen LogP) is 2.99. The molecule has 8 heteroatoms. The van der Waals surface area contributed by atoms with Gasteiger partial charge in [-0.2, -0.15) is 0 Å². The number of thioether (sulfide) groups is 1. The van der Waals surface area contributed by atoms with Gasteiger partial charge in [0.05, 0.1) is 18.6 Å². The molecule has 0 saturated heterocycles. The first-order chi connectivity index (χ1) is 12.8. The highest BCUT2D eigenvalue weighted by Crippen LogP contribution is 2.24. The van der Waals surface area contributed by atoms with Crippen molar-refractivity contribution in [3.8, 4) is 11.4 Å². The number of furan rings is 1. The summed E-state index contributed by atoms with van der Waals surface area (Å²) in [5, 5.41) is 12.2. The molecule has 1 amide bonds. The standard InChI is InChI=1S/C18H21N5O2S/c1-2-3-8-20-16(24)13-26-18-22-21-17(14-6-9-19-10-7-14)23(18)12-15-5-4-11-25-15/h4-7,9-11H,2-3,8,12-13H2,1H3,(H,20,24). The van der Waals surface area contributed by atoms with Gasteiger partial charge in [0.25, 0.3) is 0 Å². The zero-order valence-electron chi connectivity index (χ0n) is 14.6. The molecule has 3 heterocycles. The molecule has 7 nitrogen and oxygen atoms in total. The fourth-order valence-electron chi connectivity index (χ4n) is 2.40. The van der Waals surface area contributed by atoms with Crippen LogP contribution < -0.4 is 5.32 Å². The molecule has 0 atom stereocenters. The molecule has 0 radical (unpaired) electrons. The molecule has 3 rings (SSSR count). The third-order valence-corrected chi connectivity index (χ3v) is 4.70. The van der Waals surface area contributed by atoms with Crippen LogP contribution in [-0.2, 0) is 11.3 Å². The van der Waals surface area contributed by atoms with E-state index in [9.17, 15) is 4.79 Å². The van der Waals surface area contributed by atoms with Crippen LogP contribution in [-0.4, -0.2) is 38.0 Å². The van der Waals surface area contributed by atoms with Crippen LogP contribution in [0.4, 0.5) is 0 Å². The molecule has 0 aliphatic rings. The van der Waals surface area contributed by atoms with Crippen molar-refractivity contribution in [2.24, 2.45) is 0 Å². The second-order valence-corrected chi connectivity index (χ2v) is 6.64. The number of unbranched alkanes of at least 4 members (excludes halogenated alkanes) is 1. The molecule has 0 unspecified atom stereocenters. The Morgan fingerprint density at radius 3 is 2.85 bits per heavy atom. The van der Waals surface area contributed by atoms with Gasteiger partial charge in [-0.1, -0.05) is 25.1 Å². The maximum Gasteiger partial charge on any atom is 0.230 e. The van der Waals surface area contributed by atoms with Crippen LogP contribution in [0.1, 0.15) is 25.5 Å². The molecule has 3 aromatic heterocycles. The number of carbonyl (C=O) groups excluding carboxylic acids is 1. The van der Waals surface area contributed by atoms with E-state index in [0.717, 1.165) is 30.0 Å². The molecule has 0 saturated carbocycles. The van der Waals surface area contributed by atoms with Gasteiger partial charge in [0.15, 0.2) is 11.0 Å². The van der Waals surface area contributed by atoms with Crippen molar-refractivity contribution in [1.29, 1.82) is 0 Å². The van der Waals surface area contributed by atoms with Gasteiger partial charge in [-0.15, -0.1) is 10.2 Å². The Morgan fingerprint density at radius 1 is 1.27 bits per heavy atom. The first-order valence-corrected chi connectivity index (χ1v) is 9.52. The normalized spacial score (nSPS) is 10.8. The fourth-order valence-corrected chi connectivity index (χ4v) is 3.16. The van der Waals surface area contributed by atoms with Crippen molar-refractivity contribution < 1.29 is 9.21 Å². The number of hydrogen-bond donors (Lipinski definition) is 1. The van der Waals surface area contributed by atoms with Crippen molar-refractivity contribution in [3.05, 3.63) is 48.7 Å². The maximum absolute atomic E-state index is 12.0. The largest absolute Gasteiger partial charge is 0.467 e. The molecule has 136 valence electrons. The number of amides is 1. The van der Waals surface area contributed by atoms with E-state index in [4.69, 9.17) is 4.42 Å². The number of rotatable bonds is 9. The smallest absolute Gasteiger partial charge is 0.230 e. The van der Waals surface area contributed by atoms with E-state index >= 15 is 0 Å². The summed E-state index contributed by atoms with van der Waals surface area (Å²) in [6.07, 6.45) is 7.11. The fraction of sp³-hybridized carbons (Fsp3) is 0.333. The Bertz CT molecular complexity index is 817. The van der Waals surface area contributed by atoms with E-state index in [2.05, 4.69) is 27.4 Å². The minimum Gasteiger partial charge on any atom is -0.467 e. The monoisotopic (exact) mass is 371 g/mol. The molecular formula is C18H21N5O2S. The van der Waals surface area contributed by atoms with E-state index in [1.807, 2.05) is 28.8 Å². The molecular weight excluding hydrogens is 350 g/mol. The van der Waals surface area contributed by atoms with Crippen LogP contribution in [0.5, 0.6) is 0 Å². The average Bonchev–Trinajstić information content (AvgIpc) is 3.31. The number of hydrogen-bond acceptors (Lipinski definition) is 6. The summed E-state index contributed by atoms with van der Waals surface area (Å²) < 4.78 is 7.42. The van der Waals surface area contributed by atoms with Gasteiger partial charge in [-0.25, -0.2) is 0 Å². The van der Waals surface area contributed by atoms with Crippen LogP contribution >= 0.6 is 11.8 Å². The van der Waals surface area contributed by atoms with Gasteiger partial charge >= 0.3 is 0 Å². The zero-order valence-corrected chi connectivity index (χ0v) is 15.4. The highest BCUT2D eigenvalue weighted by atomic mass is 32.2. The minimum absolute atomic E-state index is 0.00135. The van der Waals surface area contributed by atoms with E-state index in [1.54, 1.807) is 18.7 Å². The average molecular weight is 371 g/mol. The van der Waals surface area contributed by atoms with Crippen LogP contribution in [0.15, 0.2) is 52.5 Å². The second kappa shape index (κ2) is 9.19. The lowest BCUT2D eigenvalue weighted by Gasteiger charge is -2.09. The molecule has 0 aliphatic carbocycles. The Kier molecular flexibility index (Phi) is 6.43. The lowest BCUT2D eigenvalue weighted by Crippen LogP contribution is -2.26. The summed E-state index contributed by atoms with van der Waals surface area (Å²) in [7, 11) is 0. The van der Waals surface area contributed by atoms with Crippen LogP contribution in [0, 0.1) is 0 Å². The Balaban J connectivity index is 1.76.